The number of nitrogens with zero attached hydrogens (tertiary/aromatic N) is 1. The highest BCUT2D eigenvalue weighted by Gasteiger charge is 2.41. The van der Waals surface area contributed by atoms with Gasteiger partial charge in [-0.15, -0.1) is 0 Å². The van der Waals surface area contributed by atoms with E-state index >= 15 is 0 Å². The van der Waals surface area contributed by atoms with Gasteiger partial charge in [-0.1, -0.05) is 18.2 Å². The molecule has 6 heteroatoms. The molecule has 1 N–H and O–H groups in total. The number of sulfonamides is 1. The molecule has 96 valence electrons. The average Bonchev–Trinajstić information content (AvgIpc) is 3.14. The summed E-state index contributed by atoms with van der Waals surface area (Å²) >= 11 is 0. The first kappa shape index (κ1) is 11.7. The van der Waals surface area contributed by atoms with Crippen LogP contribution in [0.1, 0.15) is 18.4 Å². The molecule has 0 radical (unpaired) electrons. The largest absolute Gasteiger partial charge is 0.325 e. The van der Waals surface area contributed by atoms with Gasteiger partial charge in [0.25, 0.3) is 0 Å². The van der Waals surface area contributed by atoms with E-state index in [1.807, 2.05) is 18.2 Å². The number of benzene rings is 1. The Kier molecular flexibility index (Phi) is 2.64. The third-order valence-corrected chi connectivity index (χ3v) is 5.56. The van der Waals surface area contributed by atoms with Crippen molar-refractivity contribution in [2.24, 2.45) is 0 Å². The zero-order valence-corrected chi connectivity index (χ0v) is 10.6. The summed E-state index contributed by atoms with van der Waals surface area (Å²) in [6.07, 6.45) is 1.42. The number of para-hydroxylation sites is 1. The van der Waals surface area contributed by atoms with Crippen LogP contribution in [0.3, 0.4) is 0 Å². The maximum absolute atomic E-state index is 12.2. The van der Waals surface area contributed by atoms with Gasteiger partial charge in [-0.3, -0.25) is 4.79 Å². The number of hydrogen-bond acceptors (Lipinski definition) is 3. The van der Waals surface area contributed by atoms with Gasteiger partial charge in [-0.2, -0.15) is 4.31 Å². The standard InChI is InChI=1S/C12H14N2O3S/c15-12-8-14(18(16,17)10-5-6-10)7-9-3-1-2-4-11(9)13-12/h1-4,10H,5-8H2,(H,13,15). The Bertz CT molecular complexity index is 593. The van der Waals surface area contributed by atoms with Crippen molar-refractivity contribution >= 4 is 21.6 Å². The van der Waals surface area contributed by atoms with Crippen molar-refractivity contribution in [1.82, 2.24) is 4.31 Å². The molecular weight excluding hydrogens is 252 g/mol. The minimum Gasteiger partial charge on any atom is -0.325 e. The highest BCUT2D eigenvalue weighted by Crippen LogP contribution is 2.33. The average molecular weight is 266 g/mol. The third kappa shape index (κ3) is 2.02. The van der Waals surface area contributed by atoms with E-state index in [4.69, 9.17) is 0 Å². The maximum atomic E-state index is 12.2. The van der Waals surface area contributed by atoms with Crippen molar-refractivity contribution < 1.29 is 13.2 Å². The lowest BCUT2D eigenvalue weighted by molar-refractivity contribution is -0.116. The summed E-state index contributed by atoms with van der Waals surface area (Å²) in [6, 6.07) is 7.30. The first-order chi connectivity index (χ1) is 8.57. The van der Waals surface area contributed by atoms with Crippen LogP contribution < -0.4 is 5.32 Å². The summed E-state index contributed by atoms with van der Waals surface area (Å²) < 4.78 is 25.7. The van der Waals surface area contributed by atoms with E-state index in [0.29, 0.717) is 18.5 Å². The topological polar surface area (TPSA) is 66.5 Å². The fourth-order valence-electron chi connectivity index (χ4n) is 2.13. The molecule has 1 aliphatic carbocycles. The second-order valence-electron chi connectivity index (χ2n) is 4.72. The SMILES string of the molecule is O=C1CN(S(=O)(=O)C2CC2)Cc2ccccc2N1. The maximum Gasteiger partial charge on any atom is 0.239 e. The number of rotatable bonds is 2. The van der Waals surface area contributed by atoms with Crippen LogP contribution in [0, 0.1) is 0 Å². The molecule has 1 aromatic rings. The van der Waals surface area contributed by atoms with Crippen molar-refractivity contribution in [3.8, 4) is 0 Å². The molecule has 3 rings (SSSR count). The second kappa shape index (κ2) is 4.07. The number of carbonyl (C=O) groups excluding carboxylic acids is 1. The van der Waals surface area contributed by atoms with Crippen LogP contribution in [0.4, 0.5) is 5.69 Å². The highest BCUT2D eigenvalue weighted by molar-refractivity contribution is 7.90. The number of nitrogens with one attached hydrogen (secondary N) is 1. The van der Waals surface area contributed by atoms with Gasteiger partial charge in [0, 0.05) is 12.2 Å². The number of fused-ring (bicyclic) bond motifs is 1. The minimum absolute atomic E-state index is 0.0898. The molecule has 5 nitrogen and oxygen atoms in total. The molecular formula is C12H14N2O3S. The summed E-state index contributed by atoms with van der Waals surface area (Å²) in [4.78, 5) is 11.7. The quantitative estimate of drug-likeness (QED) is 0.866. The number of amides is 1. The first-order valence-electron chi connectivity index (χ1n) is 5.94. The van der Waals surface area contributed by atoms with E-state index in [1.165, 1.54) is 4.31 Å². The van der Waals surface area contributed by atoms with Crippen molar-refractivity contribution in [3.63, 3.8) is 0 Å². The molecule has 0 aromatic heterocycles. The van der Waals surface area contributed by atoms with Crippen LogP contribution in [-0.4, -0.2) is 30.4 Å². The van der Waals surface area contributed by atoms with Crippen LogP contribution in [0.15, 0.2) is 24.3 Å². The van der Waals surface area contributed by atoms with Gasteiger partial charge in [0.15, 0.2) is 0 Å². The zero-order valence-electron chi connectivity index (χ0n) is 9.80. The molecule has 0 saturated heterocycles. The predicted molar refractivity (Wildman–Crippen MR) is 67.4 cm³/mol. The van der Waals surface area contributed by atoms with Crippen LogP contribution in [0.25, 0.3) is 0 Å². The molecule has 0 spiro atoms. The van der Waals surface area contributed by atoms with E-state index in [1.54, 1.807) is 6.07 Å². The molecule has 18 heavy (non-hydrogen) atoms. The van der Waals surface area contributed by atoms with Crippen molar-refractivity contribution in [2.75, 3.05) is 11.9 Å². The Labute approximate surface area is 106 Å². The Morgan fingerprint density at radius 2 is 1.89 bits per heavy atom. The van der Waals surface area contributed by atoms with Crippen LogP contribution in [0.5, 0.6) is 0 Å². The Balaban J connectivity index is 1.97. The second-order valence-corrected chi connectivity index (χ2v) is 6.93. The van der Waals surface area contributed by atoms with Gasteiger partial charge in [0.05, 0.1) is 11.8 Å². The fraction of sp³-hybridized carbons (Fsp3) is 0.417. The van der Waals surface area contributed by atoms with Gasteiger partial charge in [0.1, 0.15) is 0 Å². The monoisotopic (exact) mass is 266 g/mol. The molecule has 0 unspecified atom stereocenters. The van der Waals surface area contributed by atoms with Gasteiger partial charge in [-0.05, 0) is 24.5 Å². The lowest BCUT2D eigenvalue weighted by atomic mass is 10.2. The number of hydrogen-bond donors (Lipinski definition) is 1. The van der Waals surface area contributed by atoms with Gasteiger partial charge < -0.3 is 5.32 Å². The zero-order chi connectivity index (χ0) is 12.8. The Morgan fingerprint density at radius 3 is 2.61 bits per heavy atom. The van der Waals surface area contributed by atoms with E-state index in [0.717, 1.165) is 5.56 Å². The molecule has 1 saturated carbocycles. The summed E-state index contributed by atoms with van der Waals surface area (Å²) in [5.41, 5.74) is 1.54. The Hall–Kier alpha value is -1.40. The Morgan fingerprint density at radius 1 is 1.17 bits per heavy atom. The number of carbonyl (C=O) groups is 1. The molecule has 0 bridgehead atoms. The van der Waals surface area contributed by atoms with Gasteiger partial charge >= 0.3 is 0 Å². The van der Waals surface area contributed by atoms with E-state index in [2.05, 4.69) is 5.32 Å². The normalized spacial score (nSPS) is 21.0. The van der Waals surface area contributed by atoms with Gasteiger partial charge in [0.2, 0.25) is 15.9 Å². The lowest BCUT2D eigenvalue weighted by Crippen LogP contribution is -2.37. The van der Waals surface area contributed by atoms with Gasteiger partial charge in [-0.25, -0.2) is 8.42 Å². The number of anilines is 1. The molecule has 0 atom stereocenters. The molecule has 1 fully saturated rings. The summed E-state index contributed by atoms with van der Waals surface area (Å²) in [5.74, 6) is -0.274. The summed E-state index contributed by atoms with van der Waals surface area (Å²) in [7, 11) is -3.32. The molecule has 2 aliphatic rings. The first-order valence-corrected chi connectivity index (χ1v) is 7.44. The van der Waals surface area contributed by atoms with E-state index in [-0.39, 0.29) is 24.2 Å². The van der Waals surface area contributed by atoms with E-state index < -0.39 is 10.0 Å². The van der Waals surface area contributed by atoms with Crippen molar-refractivity contribution in [1.29, 1.82) is 0 Å². The van der Waals surface area contributed by atoms with Crippen molar-refractivity contribution in [3.05, 3.63) is 29.8 Å². The molecule has 1 amide bonds. The van der Waals surface area contributed by atoms with Crippen LogP contribution in [0.2, 0.25) is 0 Å². The molecule has 1 aliphatic heterocycles. The smallest absolute Gasteiger partial charge is 0.239 e. The highest BCUT2D eigenvalue weighted by atomic mass is 32.2. The fourth-order valence-corrected chi connectivity index (χ4v) is 3.90. The van der Waals surface area contributed by atoms with E-state index in [9.17, 15) is 13.2 Å². The summed E-state index contributed by atoms with van der Waals surface area (Å²) in [6.45, 7) is 0.182. The minimum atomic E-state index is -3.32. The predicted octanol–water partition coefficient (Wildman–Crippen LogP) is 0.933. The molecule has 1 aromatic carbocycles. The van der Waals surface area contributed by atoms with Crippen LogP contribution >= 0.6 is 0 Å². The van der Waals surface area contributed by atoms with Crippen LogP contribution in [-0.2, 0) is 21.4 Å². The lowest BCUT2D eigenvalue weighted by Gasteiger charge is -2.18. The molecule has 1 heterocycles. The third-order valence-electron chi connectivity index (χ3n) is 3.26. The van der Waals surface area contributed by atoms with Crippen molar-refractivity contribution in [2.45, 2.75) is 24.6 Å². The summed E-state index contributed by atoms with van der Waals surface area (Å²) in [5, 5.41) is 2.46.